The molecular weight excluding hydrogens is 379 g/mol. The molecule has 3 aromatic rings. The van der Waals surface area contributed by atoms with Crippen LogP contribution in [-0.4, -0.2) is 36.1 Å². The lowest BCUT2D eigenvalue weighted by Crippen LogP contribution is -2.47. The molecule has 150 valence electrons. The molecule has 1 aliphatic heterocycles. The summed E-state index contributed by atoms with van der Waals surface area (Å²) >= 11 is 0. The van der Waals surface area contributed by atoms with E-state index in [1.165, 1.54) is 11.8 Å². The molecule has 29 heavy (non-hydrogen) atoms. The fraction of sp³-hybridized carbons (Fsp3) is 0.238. The number of piperazine rings is 1. The number of benzene rings is 2. The van der Waals surface area contributed by atoms with Gasteiger partial charge in [-0.25, -0.2) is 4.98 Å². The van der Waals surface area contributed by atoms with Crippen molar-refractivity contribution in [3.63, 3.8) is 0 Å². The number of rotatable bonds is 4. The number of aromatic nitrogens is 2. The highest BCUT2D eigenvalue weighted by Crippen LogP contribution is 2.31. The van der Waals surface area contributed by atoms with Gasteiger partial charge in [0, 0.05) is 43.8 Å². The molecule has 2 heterocycles. The molecule has 0 bridgehead atoms. The molecule has 0 saturated carbocycles. The molecule has 4 rings (SSSR count). The Hall–Kier alpha value is -3.29. The lowest BCUT2D eigenvalue weighted by Gasteiger charge is -2.36. The molecule has 5 nitrogen and oxygen atoms in total. The van der Waals surface area contributed by atoms with Gasteiger partial charge in [0.05, 0.1) is 5.56 Å². The Kier molecular flexibility index (Phi) is 5.24. The second-order valence-electron chi connectivity index (χ2n) is 6.76. The zero-order valence-electron chi connectivity index (χ0n) is 15.6. The van der Waals surface area contributed by atoms with Crippen LogP contribution < -0.4 is 15.1 Å². The molecule has 8 heteroatoms. The molecule has 1 saturated heterocycles. The van der Waals surface area contributed by atoms with Crippen molar-refractivity contribution >= 4 is 23.1 Å². The van der Waals surface area contributed by atoms with Gasteiger partial charge in [0.1, 0.15) is 5.82 Å². The number of hydrogen-bond donors (Lipinski definition) is 1. The van der Waals surface area contributed by atoms with Gasteiger partial charge in [-0.15, -0.1) is 0 Å². The lowest BCUT2D eigenvalue weighted by molar-refractivity contribution is -0.137. The maximum atomic E-state index is 12.9. The Bertz CT molecular complexity index is 954. The van der Waals surface area contributed by atoms with E-state index in [0.717, 1.165) is 38.3 Å². The van der Waals surface area contributed by atoms with E-state index in [9.17, 15) is 13.2 Å². The summed E-state index contributed by atoms with van der Waals surface area (Å²) in [6.45, 7) is 3.22. The monoisotopic (exact) mass is 399 g/mol. The topological polar surface area (TPSA) is 44.3 Å². The van der Waals surface area contributed by atoms with Gasteiger partial charge < -0.3 is 15.1 Å². The van der Waals surface area contributed by atoms with E-state index in [1.54, 1.807) is 18.3 Å². The highest BCUT2D eigenvalue weighted by atomic mass is 19.4. The maximum Gasteiger partial charge on any atom is 0.416 e. The molecule has 1 fully saturated rings. The van der Waals surface area contributed by atoms with Crippen LogP contribution in [0.4, 0.5) is 36.3 Å². The minimum absolute atomic E-state index is 0.332. The normalized spacial score (nSPS) is 14.7. The summed E-state index contributed by atoms with van der Waals surface area (Å²) in [7, 11) is 0. The van der Waals surface area contributed by atoms with Gasteiger partial charge in [-0.05, 0) is 36.4 Å². The van der Waals surface area contributed by atoms with Gasteiger partial charge >= 0.3 is 6.18 Å². The third kappa shape index (κ3) is 4.59. The van der Waals surface area contributed by atoms with Crippen molar-refractivity contribution in [2.75, 3.05) is 41.3 Å². The van der Waals surface area contributed by atoms with Crippen molar-refractivity contribution < 1.29 is 13.2 Å². The summed E-state index contributed by atoms with van der Waals surface area (Å²) in [5.41, 5.74) is 0.820. The summed E-state index contributed by atoms with van der Waals surface area (Å²) in [6.07, 6.45) is -2.77. The minimum atomic E-state index is -4.38. The number of para-hydroxylation sites is 1. The van der Waals surface area contributed by atoms with E-state index in [4.69, 9.17) is 0 Å². The molecule has 1 aliphatic rings. The first-order valence-electron chi connectivity index (χ1n) is 9.31. The molecule has 0 unspecified atom stereocenters. The van der Waals surface area contributed by atoms with Crippen molar-refractivity contribution in [2.24, 2.45) is 0 Å². The van der Waals surface area contributed by atoms with Gasteiger partial charge in [0.25, 0.3) is 0 Å². The van der Waals surface area contributed by atoms with Gasteiger partial charge in [-0.1, -0.05) is 24.3 Å². The largest absolute Gasteiger partial charge is 0.416 e. The van der Waals surface area contributed by atoms with Gasteiger partial charge in [0.2, 0.25) is 5.95 Å². The van der Waals surface area contributed by atoms with Gasteiger partial charge in [-0.2, -0.15) is 18.2 Å². The predicted octanol–water partition coefficient (Wildman–Crippen LogP) is 4.57. The standard InChI is InChI=1S/C21H20F3N5/c22-21(23,24)16-5-4-6-17(15-16)26-19-9-10-25-20(27-19)29-13-11-28(12-14-29)18-7-2-1-3-8-18/h1-10,15H,11-14H2,(H,25,26,27). The Morgan fingerprint density at radius 2 is 1.55 bits per heavy atom. The second kappa shape index (κ2) is 7.98. The summed E-state index contributed by atoms with van der Waals surface area (Å²) in [5.74, 6) is 1.02. The highest BCUT2D eigenvalue weighted by Gasteiger charge is 2.30. The van der Waals surface area contributed by atoms with Crippen molar-refractivity contribution in [1.29, 1.82) is 0 Å². The molecule has 0 aliphatic carbocycles. The first-order chi connectivity index (χ1) is 14.0. The van der Waals surface area contributed by atoms with Crippen LogP contribution in [-0.2, 0) is 6.18 Å². The molecule has 1 N–H and O–H groups in total. The maximum absolute atomic E-state index is 12.9. The van der Waals surface area contributed by atoms with Crippen LogP contribution in [0.15, 0.2) is 66.9 Å². The highest BCUT2D eigenvalue weighted by molar-refractivity contribution is 5.58. The molecular formula is C21H20F3N5. The summed E-state index contributed by atoms with van der Waals surface area (Å²) in [6, 6.07) is 16.9. The van der Waals surface area contributed by atoms with Crippen LogP contribution >= 0.6 is 0 Å². The molecule has 1 aromatic heterocycles. The quantitative estimate of drug-likeness (QED) is 0.697. The number of anilines is 4. The Balaban J connectivity index is 1.43. The molecule has 2 aromatic carbocycles. The Morgan fingerprint density at radius 3 is 2.28 bits per heavy atom. The van der Waals surface area contributed by atoms with E-state index >= 15 is 0 Å². The van der Waals surface area contributed by atoms with Crippen LogP contribution in [0.25, 0.3) is 0 Å². The van der Waals surface area contributed by atoms with E-state index in [-0.39, 0.29) is 0 Å². The van der Waals surface area contributed by atoms with Crippen LogP contribution in [0.2, 0.25) is 0 Å². The summed E-state index contributed by atoms with van der Waals surface area (Å²) < 4.78 is 38.7. The smallest absolute Gasteiger partial charge is 0.368 e. The van der Waals surface area contributed by atoms with E-state index < -0.39 is 11.7 Å². The van der Waals surface area contributed by atoms with Crippen molar-refractivity contribution in [2.45, 2.75) is 6.18 Å². The zero-order chi connectivity index (χ0) is 20.3. The van der Waals surface area contributed by atoms with Crippen LogP contribution in [0.1, 0.15) is 5.56 Å². The van der Waals surface area contributed by atoms with E-state index in [1.807, 2.05) is 18.2 Å². The van der Waals surface area contributed by atoms with Gasteiger partial charge in [-0.3, -0.25) is 0 Å². The first-order valence-corrected chi connectivity index (χ1v) is 9.31. The zero-order valence-corrected chi connectivity index (χ0v) is 15.6. The summed E-state index contributed by atoms with van der Waals surface area (Å²) in [5, 5.41) is 2.94. The second-order valence-corrected chi connectivity index (χ2v) is 6.76. The van der Waals surface area contributed by atoms with Crippen molar-refractivity contribution in [1.82, 2.24) is 9.97 Å². The number of halogens is 3. The Morgan fingerprint density at radius 1 is 0.828 bits per heavy atom. The molecule has 0 radical (unpaired) electrons. The third-order valence-electron chi connectivity index (χ3n) is 4.79. The Labute approximate surface area is 166 Å². The molecule has 0 amide bonds. The van der Waals surface area contributed by atoms with Crippen LogP contribution in [0, 0.1) is 0 Å². The predicted molar refractivity (Wildman–Crippen MR) is 108 cm³/mol. The first kappa shape index (κ1) is 19.0. The molecule has 0 spiro atoms. The fourth-order valence-electron chi connectivity index (χ4n) is 3.30. The van der Waals surface area contributed by atoms with E-state index in [2.05, 4.69) is 37.2 Å². The van der Waals surface area contributed by atoms with Crippen LogP contribution in [0.3, 0.4) is 0 Å². The van der Waals surface area contributed by atoms with E-state index in [0.29, 0.717) is 17.5 Å². The number of alkyl halides is 3. The third-order valence-corrected chi connectivity index (χ3v) is 4.79. The number of hydrogen-bond acceptors (Lipinski definition) is 5. The van der Waals surface area contributed by atoms with Crippen molar-refractivity contribution in [3.05, 3.63) is 72.4 Å². The summed E-state index contributed by atoms with van der Waals surface area (Å²) in [4.78, 5) is 13.2. The average Bonchev–Trinajstić information content (AvgIpc) is 2.74. The average molecular weight is 399 g/mol. The van der Waals surface area contributed by atoms with Crippen molar-refractivity contribution in [3.8, 4) is 0 Å². The lowest BCUT2D eigenvalue weighted by atomic mass is 10.2. The molecule has 0 atom stereocenters. The number of nitrogens with zero attached hydrogens (tertiary/aromatic N) is 4. The van der Waals surface area contributed by atoms with Crippen LogP contribution in [0.5, 0.6) is 0 Å². The minimum Gasteiger partial charge on any atom is -0.368 e. The van der Waals surface area contributed by atoms with Gasteiger partial charge in [0.15, 0.2) is 0 Å². The SMILES string of the molecule is FC(F)(F)c1cccc(Nc2ccnc(N3CCN(c4ccccc4)CC3)n2)c1. The number of nitrogens with one attached hydrogen (secondary N) is 1. The fourth-order valence-corrected chi connectivity index (χ4v) is 3.30.